The van der Waals surface area contributed by atoms with Gasteiger partial charge in [0.2, 0.25) is 5.75 Å². The summed E-state index contributed by atoms with van der Waals surface area (Å²) < 4.78 is 37.2. The maximum absolute atomic E-state index is 12.5. The molecular formula is C19H20F3N3O4. The maximum Gasteiger partial charge on any atom is 0.406 e. The molecule has 1 amide bonds. The standard InChI is InChI=1S/C19H20F3N3O4/c20-19(21,22)10-25-17(28)15(26)14(24-18(25)29)16(27)23-13-8-6-12(7-9-13)11-4-2-1-3-5-11/h1-5,12-13,26H,6-10H2,(H,23,27)(H,24,29)/t12-,13+. The summed E-state index contributed by atoms with van der Waals surface area (Å²) in [7, 11) is 0. The Morgan fingerprint density at radius 3 is 2.34 bits per heavy atom. The monoisotopic (exact) mass is 411 g/mol. The second-order valence-corrected chi connectivity index (χ2v) is 7.09. The van der Waals surface area contributed by atoms with Gasteiger partial charge >= 0.3 is 11.9 Å². The summed E-state index contributed by atoms with van der Waals surface area (Å²) >= 11 is 0. The van der Waals surface area contributed by atoms with Gasteiger partial charge in [0.25, 0.3) is 11.5 Å². The molecule has 0 saturated heterocycles. The van der Waals surface area contributed by atoms with Gasteiger partial charge in [0.1, 0.15) is 6.54 Å². The second-order valence-electron chi connectivity index (χ2n) is 7.09. The van der Waals surface area contributed by atoms with E-state index in [0.717, 1.165) is 12.8 Å². The first-order valence-electron chi connectivity index (χ1n) is 9.14. The predicted molar refractivity (Wildman–Crippen MR) is 97.9 cm³/mol. The summed E-state index contributed by atoms with van der Waals surface area (Å²) in [6, 6.07) is 9.71. The lowest BCUT2D eigenvalue weighted by Crippen LogP contribution is -2.43. The minimum absolute atomic E-state index is 0.197. The van der Waals surface area contributed by atoms with E-state index in [-0.39, 0.29) is 10.6 Å². The topological polar surface area (TPSA) is 104 Å². The first kappa shape index (κ1) is 20.7. The number of hydrogen-bond acceptors (Lipinski definition) is 4. The molecule has 156 valence electrons. The van der Waals surface area contributed by atoms with Gasteiger partial charge < -0.3 is 10.4 Å². The Hall–Kier alpha value is -3.04. The summed E-state index contributed by atoms with van der Waals surface area (Å²) in [6.07, 6.45) is -1.87. The fourth-order valence-electron chi connectivity index (χ4n) is 3.60. The molecule has 2 aromatic rings. The smallest absolute Gasteiger partial charge is 0.406 e. The fraction of sp³-hybridized carbons (Fsp3) is 0.421. The molecule has 1 fully saturated rings. The number of halogens is 3. The van der Waals surface area contributed by atoms with Crippen LogP contribution in [0.2, 0.25) is 0 Å². The van der Waals surface area contributed by atoms with Gasteiger partial charge in [0.15, 0.2) is 5.69 Å². The molecule has 1 saturated carbocycles. The van der Waals surface area contributed by atoms with Crippen molar-refractivity contribution in [3.05, 3.63) is 62.4 Å². The van der Waals surface area contributed by atoms with E-state index in [1.807, 2.05) is 35.3 Å². The number of hydrogen-bond donors (Lipinski definition) is 3. The summed E-state index contributed by atoms with van der Waals surface area (Å²) in [6.45, 7) is -1.86. The molecule has 0 radical (unpaired) electrons. The van der Waals surface area contributed by atoms with Crippen LogP contribution in [0, 0.1) is 0 Å². The minimum Gasteiger partial charge on any atom is -0.501 e. The molecule has 0 atom stereocenters. The van der Waals surface area contributed by atoms with Crippen LogP contribution in [0.1, 0.15) is 47.7 Å². The Bertz CT molecular complexity index is 990. The molecule has 0 unspecified atom stereocenters. The molecule has 0 aliphatic heterocycles. The van der Waals surface area contributed by atoms with Gasteiger partial charge in [-0.25, -0.2) is 9.36 Å². The summed E-state index contributed by atoms with van der Waals surface area (Å²) in [5.74, 6) is -1.76. The molecule has 1 heterocycles. The van der Waals surface area contributed by atoms with Crippen molar-refractivity contribution in [3.8, 4) is 5.75 Å². The number of aromatic nitrogens is 2. The van der Waals surface area contributed by atoms with E-state index in [9.17, 15) is 32.7 Å². The van der Waals surface area contributed by atoms with Crippen LogP contribution in [-0.4, -0.2) is 32.8 Å². The van der Waals surface area contributed by atoms with E-state index in [4.69, 9.17) is 0 Å². The Morgan fingerprint density at radius 2 is 1.76 bits per heavy atom. The molecule has 0 spiro atoms. The molecule has 1 aliphatic rings. The highest BCUT2D eigenvalue weighted by Crippen LogP contribution is 2.32. The lowest BCUT2D eigenvalue weighted by molar-refractivity contribution is -0.141. The minimum atomic E-state index is -4.83. The number of rotatable bonds is 4. The van der Waals surface area contributed by atoms with Crippen LogP contribution in [0.25, 0.3) is 0 Å². The van der Waals surface area contributed by atoms with Crippen molar-refractivity contribution in [3.63, 3.8) is 0 Å². The molecule has 0 bridgehead atoms. The van der Waals surface area contributed by atoms with Gasteiger partial charge in [0.05, 0.1) is 0 Å². The number of benzene rings is 1. The van der Waals surface area contributed by atoms with Crippen LogP contribution in [0.15, 0.2) is 39.9 Å². The number of nitrogens with zero attached hydrogens (tertiary/aromatic N) is 1. The highest BCUT2D eigenvalue weighted by Gasteiger charge is 2.32. The van der Waals surface area contributed by atoms with Crippen molar-refractivity contribution in [2.24, 2.45) is 0 Å². The number of aromatic hydroxyl groups is 1. The normalized spacial score (nSPS) is 19.7. The van der Waals surface area contributed by atoms with E-state index in [1.54, 1.807) is 0 Å². The SMILES string of the molecule is O=C(N[C@H]1CC[C@@H](c2ccccc2)CC1)c1[nH]c(=O)n(CC(F)(F)F)c(=O)c1O. The Kier molecular flexibility index (Phi) is 5.81. The number of carbonyl (C=O) groups excluding carboxylic acids is 1. The molecule has 1 aliphatic carbocycles. The van der Waals surface area contributed by atoms with E-state index in [2.05, 4.69) is 5.32 Å². The largest absolute Gasteiger partial charge is 0.501 e. The Labute approximate surface area is 163 Å². The van der Waals surface area contributed by atoms with E-state index >= 15 is 0 Å². The third-order valence-electron chi connectivity index (χ3n) is 5.06. The van der Waals surface area contributed by atoms with Gasteiger partial charge in [-0.3, -0.25) is 14.6 Å². The van der Waals surface area contributed by atoms with E-state index in [1.165, 1.54) is 5.56 Å². The van der Waals surface area contributed by atoms with Crippen molar-refractivity contribution in [2.75, 3.05) is 0 Å². The van der Waals surface area contributed by atoms with Crippen LogP contribution >= 0.6 is 0 Å². The number of H-pyrrole nitrogens is 1. The number of aromatic amines is 1. The van der Waals surface area contributed by atoms with Crippen LogP contribution in [-0.2, 0) is 6.54 Å². The zero-order chi connectivity index (χ0) is 21.2. The maximum atomic E-state index is 12.5. The zero-order valence-corrected chi connectivity index (χ0v) is 15.3. The molecule has 3 rings (SSSR count). The molecule has 7 nitrogen and oxygen atoms in total. The highest BCUT2D eigenvalue weighted by atomic mass is 19.4. The van der Waals surface area contributed by atoms with Gasteiger partial charge in [-0.1, -0.05) is 30.3 Å². The molecule has 1 aromatic heterocycles. The molecular weight excluding hydrogens is 391 g/mol. The predicted octanol–water partition coefficient (Wildman–Crippen LogP) is 2.26. The van der Waals surface area contributed by atoms with Gasteiger partial charge in [0, 0.05) is 6.04 Å². The Balaban J connectivity index is 1.69. The van der Waals surface area contributed by atoms with Crippen molar-refractivity contribution in [2.45, 2.75) is 50.4 Å². The lowest BCUT2D eigenvalue weighted by Gasteiger charge is -2.29. The van der Waals surface area contributed by atoms with Crippen molar-refractivity contribution in [1.82, 2.24) is 14.9 Å². The van der Waals surface area contributed by atoms with Crippen LogP contribution in [0.4, 0.5) is 13.2 Å². The molecule has 10 heteroatoms. The molecule has 1 aromatic carbocycles. The van der Waals surface area contributed by atoms with Gasteiger partial charge in [-0.15, -0.1) is 0 Å². The number of amides is 1. The summed E-state index contributed by atoms with van der Waals surface area (Å²) in [5, 5.41) is 12.5. The quantitative estimate of drug-likeness (QED) is 0.718. The van der Waals surface area contributed by atoms with Crippen LogP contribution < -0.4 is 16.6 Å². The summed E-state index contributed by atoms with van der Waals surface area (Å²) in [4.78, 5) is 38.0. The molecule has 29 heavy (non-hydrogen) atoms. The number of nitrogens with one attached hydrogen (secondary N) is 2. The third kappa shape index (κ3) is 4.87. The van der Waals surface area contributed by atoms with Gasteiger partial charge in [-0.2, -0.15) is 13.2 Å². The first-order chi connectivity index (χ1) is 13.7. The zero-order valence-electron chi connectivity index (χ0n) is 15.3. The Morgan fingerprint density at radius 1 is 1.14 bits per heavy atom. The van der Waals surface area contributed by atoms with Crippen molar-refractivity contribution < 1.29 is 23.1 Å². The van der Waals surface area contributed by atoms with E-state index < -0.39 is 41.3 Å². The average Bonchev–Trinajstić information content (AvgIpc) is 2.68. The number of alkyl halides is 3. The van der Waals surface area contributed by atoms with Crippen molar-refractivity contribution in [1.29, 1.82) is 0 Å². The fourth-order valence-corrected chi connectivity index (χ4v) is 3.60. The average molecular weight is 411 g/mol. The van der Waals surface area contributed by atoms with Crippen LogP contribution in [0.5, 0.6) is 5.75 Å². The second kappa shape index (κ2) is 8.14. The molecule has 3 N–H and O–H groups in total. The van der Waals surface area contributed by atoms with Crippen molar-refractivity contribution >= 4 is 5.91 Å². The van der Waals surface area contributed by atoms with Crippen LogP contribution in [0.3, 0.4) is 0 Å². The first-order valence-corrected chi connectivity index (χ1v) is 9.14. The van der Waals surface area contributed by atoms with Gasteiger partial charge in [-0.05, 0) is 37.2 Å². The number of carbonyl (C=O) groups is 1. The van der Waals surface area contributed by atoms with E-state index in [0.29, 0.717) is 18.8 Å². The summed E-state index contributed by atoms with van der Waals surface area (Å²) in [5.41, 5.74) is -2.50. The third-order valence-corrected chi connectivity index (χ3v) is 5.06. The lowest BCUT2D eigenvalue weighted by atomic mass is 9.82. The highest BCUT2D eigenvalue weighted by molar-refractivity contribution is 5.94.